The molecule has 0 amide bonds. The van der Waals surface area contributed by atoms with Gasteiger partial charge >= 0.3 is 0 Å². The number of fused-ring (bicyclic) bond motifs is 10. The second-order valence-corrected chi connectivity index (χ2v) is 14.5. The third-order valence-electron chi connectivity index (χ3n) is 11.0. The van der Waals surface area contributed by atoms with Gasteiger partial charge < -0.3 is 9.47 Å². The molecule has 230 valence electrons. The zero-order valence-corrected chi connectivity index (χ0v) is 27.5. The summed E-state index contributed by atoms with van der Waals surface area (Å²) in [5.41, 5.74) is 10.3. The lowest BCUT2D eigenvalue weighted by Crippen LogP contribution is -2.17. The Balaban J connectivity index is 1.23. The van der Waals surface area contributed by atoms with E-state index in [-0.39, 0.29) is 10.8 Å². The van der Waals surface area contributed by atoms with Gasteiger partial charge in [-0.25, -0.2) is 0 Å². The first-order valence-electron chi connectivity index (χ1n) is 16.9. The van der Waals surface area contributed by atoms with Gasteiger partial charge in [0.05, 0.1) is 0 Å². The van der Waals surface area contributed by atoms with Gasteiger partial charge in [0.2, 0.25) is 0 Å². The van der Waals surface area contributed by atoms with E-state index in [1.807, 2.05) is 60.7 Å². The average molecular weight is 619 g/mol. The SMILES string of the molecule is CC1(C)c2cc(Oc3ccccc3)ccc2-c2c1c1cccc3c4c(c5cccc2c5c31)C(C)(C)c1cc(Oc2ccccc2)ccc1-4. The van der Waals surface area contributed by atoms with Crippen LogP contribution in [0.5, 0.6) is 23.0 Å². The summed E-state index contributed by atoms with van der Waals surface area (Å²) in [5, 5.41) is 8.09. The van der Waals surface area contributed by atoms with E-state index in [1.54, 1.807) is 0 Å². The van der Waals surface area contributed by atoms with Gasteiger partial charge in [-0.15, -0.1) is 0 Å². The van der Waals surface area contributed by atoms with E-state index >= 15 is 0 Å². The molecule has 0 unspecified atom stereocenters. The first-order chi connectivity index (χ1) is 23.3. The number of rotatable bonds is 4. The summed E-state index contributed by atoms with van der Waals surface area (Å²) >= 11 is 0. The van der Waals surface area contributed by atoms with E-state index in [9.17, 15) is 0 Å². The molecule has 0 aromatic heterocycles. The Morgan fingerprint density at radius 1 is 0.375 bits per heavy atom. The maximum absolute atomic E-state index is 6.35. The van der Waals surface area contributed by atoms with E-state index in [4.69, 9.17) is 9.47 Å². The first kappa shape index (κ1) is 27.5. The predicted molar refractivity (Wildman–Crippen MR) is 198 cm³/mol. The lowest BCUT2D eigenvalue weighted by molar-refractivity contribution is 0.480. The molecule has 2 aliphatic carbocycles. The molecular formula is C46H34O2. The maximum atomic E-state index is 6.35. The largest absolute Gasteiger partial charge is 0.457 e. The van der Waals surface area contributed by atoms with Crippen LogP contribution >= 0.6 is 0 Å². The summed E-state index contributed by atoms with van der Waals surface area (Å²) < 4.78 is 12.7. The van der Waals surface area contributed by atoms with Gasteiger partial charge in [-0.3, -0.25) is 0 Å². The van der Waals surface area contributed by atoms with Crippen LogP contribution in [0.15, 0.2) is 133 Å². The van der Waals surface area contributed by atoms with Crippen LogP contribution in [-0.4, -0.2) is 0 Å². The molecule has 10 rings (SSSR count). The summed E-state index contributed by atoms with van der Waals surface area (Å²) in [6, 6.07) is 47.4. The normalized spacial score (nSPS) is 15.0. The molecule has 0 radical (unpaired) electrons. The third-order valence-corrected chi connectivity index (χ3v) is 11.0. The van der Waals surface area contributed by atoms with Gasteiger partial charge in [-0.05, 0) is 125 Å². The predicted octanol–water partition coefficient (Wildman–Crippen LogP) is 12.8. The molecule has 48 heavy (non-hydrogen) atoms. The summed E-state index contributed by atoms with van der Waals surface area (Å²) in [6.07, 6.45) is 0. The Bertz CT molecular complexity index is 2410. The van der Waals surface area contributed by atoms with Crippen LogP contribution in [0, 0.1) is 0 Å². The Morgan fingerprint density at radius 3 is 1.19 bits per heavy atom. The molecule has 0 spiro atoms. The standard InChI is InChI=1S/C46H34O2/c1-45(2)37-25-29(47-27-13-7-5-8-14-27)21-23-31(37)41-33-17-12-20-36-40(33)39-34(18-11-19-35(39)43(41)45)42-32-24-22-30(48-28-15-9-6-10-16-28)26-38(32)46(3,4)44(36)42/h5-26H,1-4H3. The molecular weight excluding hydrogens is 585 g/mol. The minimum Gasteiger partial charge on any atom is -0.457 e. The fourth-order valence-corrected chi connectivity index (χ4v) is 9.04. The summed E-state index contributed by atoms with van der Waals surface area (Å²) in [6.45, 7) is 9.52. The highest BCUT2D eigenvalue weighted by Gasteiger charge is 2.43. The topological polar surface area (TPSA) is 18.5 Å². The third kappa shape index (κ3) is 3.58. The van der Waals surface area contributed by atoms with Crippen molar-refractivity contribution in [2.24, 2.45) is 0 Å². The molecule has 0 fully saturated rings. The highest BCUT2D eigenvalue weighted by molar-refractivity contribution is 6.32. The highest BCUT2D eigenvalue weighted by Crippen LogP contribution is 2.61. The first-order valence-corrected chi connectivity index (χ1v) is 16.9. The van der Waals surface area contributed by atoms with E-state index < -0.39 is 0 Å². The summed E-state index contributed by atoms with van der Waals surface area (Å²) in [5.74, 6) is 3.44. The number of hydrogen-bond acceptors (Lipinski definition) is 2. The van der Waals surface area contributed by atoms with Crippen molar-refractivity contribution in [2.75, 3.05) is 0 Å². The molecule has 2 aliphatic rings. The fourth-order valence-electron chi connectivity index (χ4n) is 9.04. The van der Waals surface area contributed by atoms with Gasteiger partial charge in [-0.2, -0.15) is 0 Å². The van der Waals surface area contributed by atoms with Gasteiger partial charge in [0, 0.05) is 10.8 Å². The second kappa shape index (κ2) is 9.49. The molecule has 2 heteroatoms. The van der Waals surface area contributed by atoms with E-state index in [0.29, 0.717) is 0 Å². The van der Waals surface area contributed by atoms with Crippen LogP contribution in [0.4, 0.5) is 0 Å². The molecule has 2 nitrogen and oxygen atoms in total. The Labute approximate surface area is 280 Å². The zero-order chi connectivity index (χ0) is 32.4. The highest BCUT2D eigenvalue weighted by atomic mass is 16.5. The van der Waals surface area contributed by atoms with Crippen LogP contribution in [0.2, 0.25) is 0 Å². The Kier molecular flexibility index (Phi) is 5.44. The smallest absolute Gasteiger partial charge is 0.127 e. The molecule has 0 aliphatic heterocycles. The van der Waals surface area contributed by atoms with Crippen molar-refractivity contribution >= 4 is 32.3 Å². The molecule has 0 heterocycles. The maximum Gasteiger partial charge on any atom is 0.127 e. The molecule has 0 saturated carbocycles. The summed E-state index contributed by atoms with van der Waals surface area (Å²) in [4.78, 5) is 0. The molecule has 0 atom stereocenters. The second-order valence-electron chi connectivity index (χ2n) is 14.5. The molecule has 8 aromatic rings. The van der Waals surface area contributed by atoms with E-state index in [0.717, 1.165) is 23.0 Å². The molecule has 0 saturated heterocycles. The van der Waals surface area contributed by atoms with Crippen molar-refractivity contribution < 1.29 is 9.47 Å². The minimum atomic E-state index is -0.214. The van der Waals surface area contributed by atoms with Crippen molar-refractivity contribution in [2.45, 2.75) is 38.5 Å². The average Bonchev–Trinajstić information content (AvgIpc) is 3.48. The van der Waals surface area contributed by atoms with Crippen molar-refractivity contribution in [3.8, 4) is 45.3 Å². The molecule has 8 aromatic carbocycles. The monoisotopic (exact) mass is 618 g/mol. The van der Waals surface area contributed by atoms with Crippen molar-refractivity contribution in [1.82, 2.24) is 0 Å². The van der Waals surface area contributed by atoms with Gasteiger partial charge in [0.25, 0.3) is 0 Å². The van der Waals surface area contributed by atoms with Crippen molar-refractivity contribution in [1.29, 1.82) is 0 Å². The van der Waals surface area contributed by atoms with E-state index in [2.05, 4.69) is 100 Å². The Morgan fingerprint density at radius 2 is 0.771 bits per heavy atom. The van der Waals surface area contributed by atoms with Crippen LogP contribution < -0.4 is 9.47 Å². The van der Waals surface area contributed by atoms with Crippen LogP contribution in [0.1, 0.15) is 49.9 Å². The molecule has 0 N–H and O–H groups in total. The summed E-state index contributed by atoms with van der Waals surface area (Å²) in [7, 11) is 0. The lowest BCUT2D eigenvalue weighted by atomic mass is 9.75. The number of hydrogen-bond donors (Lipinski definition) is 0. The van der Waals surface area contributed by atoms with Crippen LogP contribution in [0.25, 0.3) is 54.6 Å². The fraction of sp³-hybridized carbons (Fsp3) is 0.130. The number of benzene rings is 8. The van der Waals surface area contributed by atoms with E-state index in [1.165, 1.54) is 76.8 Å². The quantitative estimate of drug-likeness (QED) is 0.183. The minimum absolute atomic E-state index is 0.214. The van der Waals surface area contributed by atoms with Gasteiger partial charge in [-0.1, -0.05) is 113 Å². The van der Waals surface area contributed by atoms with Crippen molar-refractivity contribution in [3.63, 3.8) is 0 Å². The van der Waals surface area contributed by atoms with Gasteiger partial charge in [0.15, 0.2) is 0 Å². The van der Waals surface area contributed by atoms with Crippen molar-refractivity contribution in [3.05, 3.63) is 156 Å². The lowest BCUT2D eigenvalue weighted by Gasteiger charge is -2.28. The van der Waals surface area contributed by atoms with Crippen LogP contribution in [-0.2, 0) is 10.8 Å². The molecule has 0 bridgehead atoms. The zero-order valence-electron chi connectivity index (χ0n) is 27.5. The number of ether oxygens (including phenoxy) is 2. The Hall–Kier alpha value is -5.60. The number of para-hydroxylation sites is 2. The van der Waals surface area contributed by atoms with Gasteiger partial charge in [0.1, 0.15) is 23.0 Å². The van der Waals surface area contributed by atoms with Crippen LogP contribution in [0.3, 0.4) is 0 Å².